The van der Waals surface area contributed by atoms with Crippen LogP contribution in [0.3, 0.4) is 0 Å². The van der Waals surface area contributed by atoms with Gasteiger partial charge >= 0.3 is 0 Å². The molecule has 2 heterocycles. The van der Waals surface area contributed by atoms with Crippen LogP contribution in [0.5, 0.6) is 0 Å². The van der Waals surface area contributed by atoms with Crippen LogP contribution < -0.4 is 10.6 Å². The number of imidazole rings is 2. The van der Waals surface area contributed by atoms with E-state index in [0.717, 1.165) is 33.2 Å². The Morgan fingerprint density at radius 1 is 0.500 bits per heavy atom. The largest absolute Gasteiger partial charge is 0.346 e. The Labute approximate surface area is 343 Å². The van der Waals surface area contributed by atoms with E-state index >= 15 is 0 Å². The first kappa shape index (κ1) is 38.6. The topological polar surface area (TPSA) is 116 Å². The molecule has 4 N–H and O–H groups in total. The number of hydrogen-bond acceptors (Lipinski definition) is 4. The molecule has 0 aliphatic carbocycles. The van der Waals surface area contributed by atoms with Crippen LogP contribution in [0.25, 0.3) is 44.8 Å². The van der Waals surface area contributed by atoms with Gasteiger partial charge in [-0.2, -0.15) is 0 Å². The van der Waals surface area contributed by atoms with Gasteiger partial charge in [-0.1, -0.05) is 119 Å². The number of amides is 2. The molecule has 280 valence electrons. The minimum Gasteiger partial charge on any atom is -0.346 e. The lowest BCUT2D eigenvalue weighted by molar-refractivity contribution is 0.0931. The van der Waals surface area contributed by atoms with Crippen molar-refractivity contribution in [2.75, 3.05) is 0 Å². The molecule has 0 aliphatic rings. The highest BCUT2D eigenvalue weighted by atomic mass is 35.5. The molecule has 56 heavy (non-hydrogen) atoms. The van der Waals surface area contributed by atoms with Crippen LogP contribution in [-0.2, 0) is 0 Å². The van der Waals surface area contributed by atoms with Crippen LogP contribution in [0.1, 0.15) is 57.8 Å². The van der Waals surface area contributed by atoms with Crippen LogP contribution in [0, 0.1) is 0 Å². The normalized spacial score (nSPS) is 12.1. The minimum absolute atomic E-state index is 0.0938. The van der Waals surface area contributed by atoms with Gasteiger partial charge in [0, 0.05) is 11.1 Å². The number of halogens is 4. The summed E-state index contributed by atoms with van der Waals surface area (Å²) in [6, 6.07) is 40.8. The molecule has 8 nitrogen and oxygen atoms in total. The van der Waals surface area contributed by atoms with Crippen LogP contribution in [0.4, 0.5) is 0 Å². The molecule has 0 unspecified atom stereocenters. The van der Waals surface area contributed by atoms with Crippen molar-refractivity contribution < 1.29 is 9.59 Å². The predicted octanol–water partition coefficient (Wildman–Crippen LogP) is 12.1. The summed E-state index contributed by atoms with van der Waals surface area (Å²) >= 11 is 25.1. The molecule has 0 aliphatic heterocycles. The molecule has 8 rings (SSSR count). The highest BCUT2D eigenvalue weighted by Gasteiger charge is 2.18. The van der Waals surface area contributed by atoms with Gasteiger partial charge in [0.1, 0.15) is 11.6 Å². The third-order valence-electron chi connectivity index (χ3n) is 9.18. The average molecular weight is 821 g/mol. The molecule has 2 amide bonds. The number of fused-ring (bicyclic) bond motifs is 2. The van der Waals surface area contributed by atoms with Gasteiger partial charge in [0.15, 0.2) is 0 Å². The Morgan fingerprint density at radius 3 is 1.21 bits per heavy atom. The van der Waals surface area contributed by atoms with Crippen LogP contribution in [-0.4, -0.2) is 31.8 Å². The van der Waals surface area contributed by atoms with Crippen LogP contribution in [0.2, 0.25) is 20.1 Å². The molecule has 6 aromatic carbocycles. The van der Waals surface area contributed by atoms with E-state index < -0.39 is 0 Å². The number of nitrogens with zero attached hydrogens (tertiary/aromatic N) is 2. The minimum atomic E-state index is -0.148. The zero-order valence-electron chi connectivity index (χ0n) is 30.1. The number of aromatic amines is 2. The Kier molecular flexibility index (Phi) is 11.7. The van der Waals surface area contributed by atoms with Crippen LogP contribution >= 0.6 is 46.4 Å². The number of aromatic nitrogens is 4. The summed E-state index contributed by atoms with van der Waals surface area (Å²) < 4.78 is 0. The number of benzene rings is 6. The van der Waals surface area contributed by atoms with E-state index in [4.69, 9.17) is 46.4 Å². The smallest absolute Gasteiger partial charge is 0.251 e. The maximum absolute atomic E-state index is 12.7. The Hall–Kier alpha value is -5.64. The second-order valence-corrected chi connectivity index (χ2v) is 14.7. The van der Waals surface area contributed by atoms with Gasteiger partial charge in [-0.05, 0) is 85.6 Å². The quantitative estimate of drug-likeness (QED) is 0.122. The van der Waals surface area contributed by atoms with Crippen molar-refractivity contribution >= 4 is 80.3 Å². The predicted molar refractivity (Wildman–Crippen MR) is 228 cm³/mol. The van der Waals surface area contributed by atoms with E-state index in [1.54, 1.807) is 60.7 Å². The summed E-state index contributed by atoms with van der Waals surface area (Å²) in [5.41, 5.74) is 7.44. The maximum atomic E-state index is 12.7. The fraction of sp³-hybridized carbons (Fsp3) is 0.0909. The molecule has 0 spiro atoms. The van der Waals surface area contributed by atoms with E-state index in [1.807, 2.05) is 86.6 Å². The summed E-state index contributed by atoms with van der Waals surface area (Å²) in [5.74, 6) is 0.844. The van der Waals surface area contributed by atoms with Gasteiger partial charge in [-0.25, -0.2) is 9.97 Å². The lowest BCUT2D eigenvalue weighted by Gasteiger charge is -2.14. The summed E-state index contributed by atoms with van der Waals surface area (Å²) in [4.78, 5) is 40.9. The molecule has 2 aromatic heterocycles. The lowest BCUT2D eigenvalue weighted by atomic mass is 10.1. The highest BCUT2D eigenvalue weighted by molar-refractivity contribution is 6.39. The van der Waals surface area contributed by atoms with Crippen molar-refractivity contribution in [2.24, 2.45) is 0 Å². The number of rotatable bonds is 8. The first-order chi connectivity index (χ1) is 27.0. The highest BCUT2D eigenvalue weighted by Crippen LogP contribution is 2.35. The van der Waals surface area contributed by atoms with E-state index in [1.165, 1.54) is 0 Å². The van der Waals surface area contributed by atoms with Crippen LogP contribution in [0.15, 0.2) is 133 Å². The fourth-order valence-corrected chi connectivity index (χ4v) is 7.35. The molecule has 0 saturated heterocycles. The Morgan fingerprint density at radius 2 is 0.857 bits per heavy atom. The molecule has 8 aromatic rings. The number of carbonyl (C=O) groups excluding carboxylic acids is 2. The van der Waals surface area contributed by atoms with E-state index in [-0.39, 0.29) is 23.9 Å². The number of carbonyl (C=O) groups is 2. The molecule has 0 fully saturated rings. The average Bonchev–Trinajstić information content (AvgIpc) is 3.82. The summed E-state index contributed by atoms with van der Waals surface area (Å²) in [5, 5.41) is 8.10. The zero-order valence-corrected chi connectivity index (χ0v) is 33.1. The fourth-order valence-electron chi connectivity index (χ4n) is 6.20. The molecular formula is C44H34Cl4N6O2. The SMILES string of the molecule is C[C@@H](NC(=O)c1ccc2nc(-c3c(Cl)cccc3Cl)[nH]c2c1)c1ccccc1.C[C@H](NC(=O)c1ccc2nc(-c3c(Cl)cccc3Cl)[nH]c2c1)c1ccccc1. The van der Waals surface area contributed by atoms with Gasteiger partial charge < -0.3 is 20.6 Å². The number of H-pyrrole nitrogens is 2. The van der Waals surface area contributed by atoms with Crippen molar-refractivity contribution in [1.82, 2.24) is 30.6 Å². The Balaban J connectivity index is 0.000000172. The lowest BCUT2D eigenvalue weighted by Crippen LogP contribution is -2.26. The van der Waals surface area contributed by atoms with E-state index in [2.05, 4.69) is 30.6 Å². The van der Waals surface area contributed by atoms with Gasteiger partial charge in [-0.15, -0.1) is 0 Å². The first-order valence-corrected chi connectivity index (χ1v) is 19.2. The van der Waals surface area contributed by atoms with Crippen molar-refractivity contribution in [3.63, 3.8) is 0 Å². The monoisotopic (exact) mass is 818 g/mol. The number of nitrogens with one attached hydrogen (secondary N) is 4. The Bertz CT molecular complexity index is 2450. The van der Waals surface area contributed by atoms with Gasteiger partial charge in [0.05, 0.1) is 65.4 Å². The molecular weight excluding hydrogens is 786 g/mol. The van der Waals surface area contributed by atoms with Gasteiger partial charge in [-0.3, -0.25) is 9.59 Å². The van der Waals surface area contributed by atoms with Gasteiger partial charge in [0.2, 0.25) is 0 Å². The second-order valence-electron chi connectivity index (χ2n) is 13.0. The third kappa shape index (κ3) is 8.59. The van der Waals surface area contributed by atoms with Crippen molar-refractivity contribution in [2.45, 2.75) is 25.9 Å². The van der Waals surface area contributed by atoms with Crippen molar-refractivity contribution in [1.29, 1.82) is 0 Å². The standard InChI is InChI=1S/2C22H17Cl2N3O/c2*1-13(14-6-3-2-4-7-14)25-22(28)15-10-11-18-19(12-15)27-21(26-18)20-16(23)8-5-9-17(20)24/h2*2-13H,1H3,(H,25,28)(H,26,27)/t2*13-/m10/s1. The van der Waals surface area contributed by atoms with Gasteiger partial charge in [0.25, 0.3) is 11.8 Å². The first-order valence-electron chi connectivity index (χ1n) is 17.7. The zero-order chi connectivity index (χ0) is 39.3. The van der Waals surface area contributed by atoms with Crippen molar-refractivity contribution in [3.05, 3.63) is 176 Å². The maximum Gasteiger partial charge on any atom is 0.251 e. The van der Waals surface area contributed by atoms with Crippen molar-refractivity contribution in [3.8, 4) is 22.8 Å². The molecule has 2 atom stereocenters. The molecule has 12 heteroatoms. The number of hydrogen-bond donors (Lipinski definition) is 4. The molecule has 0 radical (unpaired) electrons. The van der Waals surface area contributed by atoms with E-state index in [0.29, 0.717) is 54.0 Å². The second kappa shape index (κ2) is 17.0. The van der Waals surface area contributed by atoms with E-state index in [9.17, 15) is 9.59 Å². The summed E-state index contributed by atoms with van der Waals surface area (Å²) in [6.07, 6.45) is 0. The molecule has 0 bridgehead atoms. The third-order valence-corrected chi connectivity index (χ3v) is 10.4. The molecule has 0 saturated carbocycles. The summed E-state index contributed by atoms with van der Waals surface area (Å²) in [7, 11) is 0. The summed E-state index contributed by atoms with van der Waals surface area (Å²) in [6.45, 7) is 3.92.